The number of piperidine rings is 1. The lowest BCUT2D eigenvalue weighted by atomic mass is 9.99. The molecule has 0 bridgehead atoms. The molecule has 0 spiro atoms. The molecule has 0 amide bonds. The van der Waals surface area contributed by atoms with E-state index >= 15 is 0 Å². The minimum Gasteiger partial charge on any atom is -0.380 e. The molecular formula is C10H20N2O. The lowest BCUT2D eigenvalue weighted by Gasteiger charge is -2.30. The molecule has 2 unspecified atom stereocenters. The average Bonchev–Trinajstić information content (AvgIpc) is 2.57. The van der Waals surface area contributed by atoms with Gasteiger partial charge in [0.05, 0.1) is 6.61 Å². The van der Waals surface area contributed by atoms with Crippen LogP contribution in [0.4, 0.5) is 0 Å². The van der Waals surface area contributed by atoms with Crippen LogP contribution in [0.5, 0.6) is 0 Å². The van der Waals surface area contributed by atoms with Crippen LogP contribution in [0.25, 0.3) is 0 Å². The molecular weight excluding hydrogens is 164 g/mol. The molecule has 2 aliphatic heterocycles. The van der Waals surface area contributed by atoms with E-state index in [0.717, 1.165) is 19.8 Å². The molecule has 2 fully saturated rings. The molecule has 2 rings (SSSR count). The summed E-state index contributed by atoms with van der Waals surface area (Å²) in [5.41, 5.74) is 0. The SMILES string of the molecule is CC1CC(N[C@H]2CCOC2)CCN1. The van der Waals surface area contributed by atoms with Gasteiger partial charge in [0.1, 0.15) is 0 Å². The largest absolute Gasteiger partial charge is 0.380 e. The number of ether oxygens (including phenoxy) is 1. The van der Waals surface area contributed by atoms with Gasteiger partial charge in [0, 0.05) is 24.7 Å². The molecule has 13 heavy (non-hydrogen) atoms. The van der Waals surface area contributed by atoms with Crippen LogP contribution < -0.4 is 10.6 Å². The second-order valence-corrected chi connectivity index (χ2v) is 4.30. The van der Waals surface area contributed by atoms with E-state index in [9.17, 15) is 0 Å². The zero-order valence-electron chi connectivity index (χ0n) is 8.38. The monoisotopic (exact) mass is 184 g/mol. The maximum absolute atomic E-state index is 5.35. The lowest BCUT2D eigenvalue weighted by molar-refractivity contribution is 0.185. The highest BCUT2D eigenvalue weighted by atomic mass is 16.5. The molecule has 2 aliphatic rings. The Labute approximate surface area is 80.2 Å². The van der Waals surface area contributed by atoms with Crippen LogP contribution in [-0.4, -0.2) is 37.9 Å². The highest BCUT2D eigenvalue weighted by Gasteiger charge is 2.23. The second-order valence-electron chi connectivity index (χ2n) is 4.30. The third kappa shape index (κ3) is 2.66. The lowest BCUT2D eigenvalue weighted by Crippen LogP contribution is -2.48. The van der Waals surface area contributed by atoms with Crippen molar-refractivity contribution in [3.63, 3.8) is 0 Å². The van der Waals surface area contributed by atoms with E-state index in [1.54, 1.807) is 0 Å². The van der Waals surface area contributed by atoms with Gasteiger partial charge in [-0.15, -0.1) is 0 Å². The summed E-state index contributed by atoms with van der Waals surface area (Å²) in [4.78, 5) is 0. The normalized spacial score (nSPS) is 40.8. The van der Waals surface area contributed by atoms with Gasteiger partial charge in [0.25, 0.3) is 0 Å². The Morgan fingerprint density at radius 2 is 2.23 bits per heavy atom. The maximum atomic E-state index is 5.35. The van der Waals surface area contributed by atoms with E-state index in [0.29, 0.717) is 18.1 Å². The van der Waals surface area contributed by atoms with Gasteiger partial charge in [-0.05, 0) is 32.7 Å². The molecule has 3 atom stereocenters. The van der Waals surface area contributed by atoms with Crippen molar-refractivity contribution in [2.24, 2.45) is 0 Å². The molecule has 2 N–H and O–H groups in total. The van der Waals surface area contributed by atoms with E-state index in [4.69, 9.17) is 4.74 Å². The van der Waals surface area contributed by atoms with Gasteiger partial charge >= 0.3 is 0 Å². The van der Waals surface area contributed by atoms with Crippen molar-refractivity contribution in [1.29, 1.82) is 0 Å². The standard InChI is InChI=1S/C10H20N2O/c1-8-6-9(2-4-11-8)12-10-3-5-13-7-10/h8-12H,2-7H2,1H3/t8?,9?,10-/m0/s1. The summed E-state index contributed by atoms with van der Waals surface area (Å²) in [5, 5.41) is 7.15. The first-order chi connectivity index (χ1) is 6.34. The number of nitrogens with one attached hydrogen (secondary N) is 2. The van der Waals surface area contributed by atoms with E-state index < -0.39 is 0 Å². The Morgan fingerprint density at radius 1 is 1.31 bits per heavy atom. The highest BCUT2D eigenvalue weighted by molar-refractivity contribution is 4.83. The number of hydrogen-bond donors (Lipinski definition) is 2. The second kappa shape index (κ2) is 4.40. The number of hydrogen-bond acceptors (Lipinski definition) is 3. The van der Waals surface area contributed by atoms with Gasteiger partial charge in [0.2, 0.25) is 0 Å². The minimum absolute atomic E-state index is 0.621. The third-order valence-electron chi connectivity index (χ3n) is 3.02. The fraction of sp³-hybridized carbons (Fsp3) is 1.00. The van der Waals surface area contributed by atoms with E-state index in [2.05, 4.69) is 17.6 Å². The van der Waals surface area contributed by atoms with E-state index in [-0.39, 0.29) is 0 Å². The Balaban J connectivity index is 1.73. The van der Waals surface area contributed by atoms with Crippen molar-refractivity contribution >= 4 is 0 Å². The highest BCUT2D eigenvalue weighted by Crippen LogP contribution is 2.12. The van der Waals surface area contributed by atoms with Crippen molar-refractivity contribution in [3.8, 4) is 0 Å². The van der Waals surface area contributed by atoms with Crippen molar-refractivity contribution in [2.75, 3.05) is 19.8 Å². The van der Waals surface area contributed by atoms with Crippen LogP contribution in [0.15, 0.2) is 0 Å². The molecule has 0 aromatic heterocycles. The molecule has 76 valence electrons. The summed E-state index contributed by atoms with van der Waals surface area (Å²) in [6.45, 7) is 5.28. The summed E-state index contributed by atoms with van der Waals surface area (Å²) in [6, 6.07) is 2.01. The van der Waals surface area contributed by atoms with Crippen LogP contribution in [0.2, 0.25) is 0 Å². The Kier molecular flexibility index (Phi) is 3.19. The summed E-state index contributed by atoms with van der Waals surface area (Å²) in [6.07, 6.45) is 3.72. The van der Waals surface area contributed by atoms with E-state index in [1.807, 2.05) is 0 Å². The predicted molar refractivity (Wildman–Crippen MR) is 52.8 cm³/mol. The summed E-state index contributed by atoms with van der Waals surface area (Å²) >= 11 is 0. The Morgan fingerprint density at radius 3 is 2.92 bits per heavy atom. The van der Waals surface area contributed by atoms with Crippen LogP contribution in [-0.2, 0) is 4.74 Å². The van der Waals surface area contributed by atoms with Crippen LogP contribution >= 0.6 is 0 Å². The van der Waals surface area contributed by atoms with Gasteiger partial charge in [-0.1, -0.05) is 0 Å². The Bertz CT molecular complexity index is 157. The molecule has 0 aromatic carbocycles. The van der Waals surface area contributed by atoms with Gasteiger partial charge in [-0.25, -0.2) is 0 Å². The summed E-state index contributed by atoms with van der Waals surface area (Å²) in [5.74, 6) is 0. The van der Waals surface area contributed by atoms with Crippen molar-refractivity contribution in [3.05, 3.63) is 0 Å². The van der Waals surface area contributed by atoms with Gasteiger partial charge < -0.3 is 15.4 Å². The van der Waals surface area contributed by atoms with E-state index in [1.165, 1.54) is 19.3 Å². The zero-order chi connectivity index (χ0) is 9.10. The first-order valence-electron chi connectivity index (χ1n) is 5.42. The smallest absolute Gasteiger partial charge is 0.0620 e. The molecule has 3 heteroatoms. The topological polar surface area (TPSA) is 33.3 Å². The van der Waals surface area contributed by atoms with Crippen molar-refractivity contribution in [2.45, 2.75) is 44.3 Å². The molecule has 0 aromatic rings. The van der Waals surface area contributed by atoms with Crippen LogP contribution in [0.3, 0.4) is 0 Å². The summed E-state index contributed by atoms with van der Waals surface area (Å²) in [7, 11) is 0. The first-order valence-corrected chi connectivity index (χ1v) is 5.42. The quantitative estimate of drug-likeness (QED) is 0.656. The summed E-state index contributed by atoms with van der Waals surface area (Å²) < 4.78 is 5.35. The van der Waals surface area contributed by atoms with Gasteiger partial charge in [0.15, 0.2) is 0 Å². The minimum atomic E-state index is 0.621. The molecule has 0 aliphatic carbocycles. The Hall–Kier alpha value is -0.120. The predicted octanol–water partition coefficient (Wildman–Crippen LogP) is 0.505. The van der Waals surface area contributed by atoms with Crippen molar-refractivity contribution in [1.82, 2.24) is 10.6 Å². The third-order valence-corrected chi connectivity index (χ3v) is 3.02. The molecule has 3 nitrogen and oxygen atoms in total. The average molecular weight is 184 g/mol. The molecule has 2 heterocycles. The van der Waals surface area contributed by atoms with Gasteiger partial charge in [-0.3, -0.25) is 0 Å². The fourth-order valence-electron chi connectivity index (χ4n) is 2.28. The number of rotatable bonds is 2. The first kappa shape index (κ1) is 9.44. The van der Waals surface area contributed by atoms with Crippen LogP contribution in [0, 0.1) is 0 Å². The van der Waals surface area contributed by atoms with Crippen LogP contribution in [0.1, 0.15) is 26.2 Å². The molecule has 2 saturated heterocycles. The maximum Gasteiger partial charge on any atom is 0.0620 e. The molecule has 0 saturated carbocycles. The van der Waals surface area contributed by atoms with Crippen molar-refractivity contribution < 1.29 is 4.74 Å². The van der Waals surface area contributed by atoms with Gasteiger partial charge in [-0.2, -0.15) is 0 Å². The fourth-order valence-corrected chi connectivity index (χ4v) is 2.28. The zero-order valence-corrected chi connectivity index (χ0v) is 8.38. The molecule has 0 radical (unpaired) electrons.